The Morgan fingerprint density at radius 3 is 2.50 bits per heavy atom. The summed E-state index contributed by atoms with van der Waals surface area (Å²) < 4.78 is 5.48. The number of carbonyl (C=O) groups excluding carboxylic acids is 3. The number of carbonyl (C=O) groups is 3. The number of ether oxygens (including phenoxy) is 1. The van der Waals surface area contributed by atoms with Crippen LogP contribution in [0.5, 0.6) is 0 Å². The minimum atomic E-state index is -0.982. The molecule has 3 atom stereocenters. The highest BCUT2D eigenvalue weighted by molar-refractivity contribution is 5.98. The molecule has 4 aliphatic carbocycles. The van der Waals surface area contributed by atoms with Gasteiger partial charge in [-0.15, -0.1) is 0 Å². The van der Waals surface area contributed by atoms with Crippen molar-refractivity contribution in [1.82, 2.24) is 10.2 Å². The molecule has 0 spiro atoms. The zero-order valence-corrected chi connectivity index (χ0v) is 13.9. The van der Waals surface area contributed by atoms with Gasteiger partial charge in [0.15, 0.2) is 6.10 Å². The average Bonchev–Trinajstić information content (AvgIpc) is 2.89. The maximum atomic E-state index is 12.8. The van der Waals surface area contributed by atoms with E-state index in [-0.39, 0.29) is 5.97 Å². The van der Waals surface area contributed by atoms with E-state index in [1.807, 2.05) is 0 Å². The number of urea groups is 1. The Bertz CT molecular complexity index is 590. The Labute approximate surface area is 140 Å². The Kier molecular flexibility index (Phi) is 3.43. The molecule has 4 saturated carbocycles. The van der Waals surface area contributed by atoms with Gasteiger partial charge in [-0.2, -0.15) is 0 Å². The number of aliphatic hydroxyl groups is 1. The molecule has 5 aliphatic rings. The first-order chi connectivity index (χ1) is 11.3. The summed E-state index contributed by atoms with van der Waals surface area (Å²) in [5.41, 5.74) is -1.40. The summed E-state index contributed by atoms with van der Waals surface area (Å²) in [5.74, 6) is -0.115. The van der Waals surface area contributed by atoms with E-state index < -0.39 is 29.1 Å². The summed E-state index contributed by atoms with van der Waals surface area (Å²) in [6.07, 6.45) is 3.59. The fourth-order valence-corrected chi connectivity index (χ4v) is 5.69. The van der Waals surface area contributed by atoms with E-state index in [4.69, 9.17) is 4.74 Å². The lowest BCUT2D eigenvalue weighted by Crippen LogP contribution is -2.59. The SMILES string of the molecule is C[C@@H](OC(=O)C12C[C@H]3C[C@@H](CC(O)(C3)C1)C2)C(=O)N1CCNC1=O. The molecule has 7 nitrogen and oxygen atoms in total. The van der Waals surface area contributed by atoms with Gasteiger partial charge in [0.25, 0.3) is 5.91 Å². The molecule has 1 saturated heterocycles. The smallest absolute Gasteiger partial charge is 0.324 e. The van der Waals surface area contributed by atoms with Gasteiger partial charge < -0.3 is 15.2 Å². The highest BCUT2D eigenvalue weighted by Gasteiger charge is 2.61. The molecule has 7 heteroatoms. The monoisotopic (exact) mass is 336 g/mol. The van der Waals surface area contributed by atoms with Crippen LogP contribution in [0.3, 0.4) is 0 Å². The standard InChI is InChI=1S/C17H24N2O5/c1-10(13(20)19-3-2-18-15(19)22)24-14(21)16-5-11-4-12(6-16)8-17(23,7-11)9-16/h10-12,23H,2-9H2,1H3,(H,18,22)/t10-,11-,12-,16?,17?/m1/s1. The molecular formula is C17H24N2O5. The Balaban J connectivity index is 1.46. The normalized spacial score (nSPS) is 41.2. The van der Waals surface area contributed by atoms with Gasteiger partial charge in [-0.25, -0.2) is 4.79 Å². The first kappa shape index (κ1) is 15.9. The summed E-state index contributed by atoms with van der Waals surface area (Å²) in [6, 6.07) is -0.438. The highest BCUT2D eigenvalue weighted by Crippen LogP contribution is 2.62. The van der Waals surface area contributed by atoms with E-state index in [9.17, 15) is 19.5 Å². The number of rotatable bonds is 3. The van der Waals surface area contributed by atoms with Gasteiger partial charge in [0, 0.05) is 13.1 Å². The summed E-state index contributed by atoms with van der Waals surface area (Å²) in [4.78, 5) is 37.8. The van der Waals surface area contributed by atoms with Crippen LogP contribution >= 0.6 is 0 Å². The molecule has 24 heavy (non-hydrogen) atoms. The second kappa shape index (κ2) is 5.18. The summed E-state index contributed by atoms with van der Waals surface area (Å²) in [6.45, 7) is 2.24. The van der Waals surface area contributed by atoms with Crippen molar-refractivity contribution in [3.05, 3.63) is 0 Å². The van der Waals surface area contributed by atoms with Crippen LogP contribution in [-0.2, 0) is 14.3 Å². The number of nitrogens with zero attached hydrogens (tertiary/aromatic N) is 1. The number of amides is 3. The zero-order chi connectivity index (χ0) is 17.1. The third kappa shape index (κ3) is 2.41. The fraction of sp³-hybridized carbons (Fsp3) is 0.824. The molecule has 4 bridgehead atoms. The van der Waals surface area contributed by atoms with Crippen LogP contribution in [0.1, 0.15) is 45.4 Å². The second-order valence-electron chi connectivity index (χ2n) is 8.24. The molecule has 5 fully saturated rings. The third-order valence-electron chi connectivity index (χ3n) is 6.22. The highest BCUT2D eigenvalue weighted by atomic mass is 16.5. The predicted octanol–water partition coefficient (Wildman–Crippen LogP) is 0.801. The number of nitrogens with one attached hydrogen (secondary N) is 1. The van der Waals surface area contributed by atoms with Crippen LogP contribution in [0.4, 0.5) is 4.79 Å². The van der Waals surface area contributed by atoms with Crippen molar-refractivity contribution < 1.29 is 24.2 Å². The quantitative estimate of drug-likeness (QED) is 0.743. The summed E-state index contributed by atoms with van der Waals surface area (Å²) in [5, 5.41) is 13.3. The molecule has 5 rings (SSSR count). The van der Waals surface area contributed by atoms with Crippen molar-refractivity contribution >= 4 is 17.9 Å². The molecule has 1 aliphatic heterocycles. The van der Waals surface area contributed by atoms with Gasteiger partial charge in [0.05, 0.1) is 11.0 Å². The van der Waals surface area contributed by atoms with E-state index >= 15 is 0 Å². The molecule has 1 heterocycles. The molecule has 0 unspecified atom stereocenters. The topological polar surface area (TPSA) is 95.9 Å². The predicted molar refractivity (Wildman–Crippen MR) is 82.7 cm³/mol. The molecule has 0 aromatic carbocycles. The first-order valence-corrected chi connectivity index (χ1v) is 8.83. The molecule has 132 valence electrons. The summed E-state index contributed by atoms with van der Waals surface area (Å²) in [7, 11) is 0. The Morgan fingerprint density at radius 2 is 1.96 bits per heavy atom. The van der Waals surface area contributed by atoms with Crippen LogP contribution < -0.4 is 5.32 Å². The van der Waals surface area contributed by atoms with Crippen molar-refractivity contribution in [2.75, 3.05) is 13.1 Å². The van der Waals surface area contributed by atoms with E-state index in [1.165, 1.54) is 6.92 Å². The van der Waals surface area contributed by atoms with Crippen molar-refractivity contribution in [3.63, 3.8) is 0 Å². The average molecular weight is 336 g/mol. The van der Waals surface area contributed by atoms with Gasteiger partial charge in [0.1, 0.15) is 0 Å². The zero-order valence-electron chi connectivity index (χ0n) is 13.9. The van der Waals surface area contributed by atoms with E-state index in [1.54, 1.807) is 0 Å². The third-order valence-corrected chi connectivity index (χ3v) is 6.22. The second-order valence-corrected chi connectivity index (χ2v) is 8.24. The van der Waals surface area contributed by atoms with Crippen molar-refractivity contribution in [3.8, 4) is 0 Å². The van der Waals surface area contributed by atoms with Gasteiger partial charge >= 0.3 is 12.0 Å². The van der Waals surface area contributed by atoms with E-state index in [0.29, 0.717) is 31.3 Å². The summed E-state index contributed by atoms with van der Waals surface area (Å²) >= 11 is 0. The number of imide groups is 1. The molecule has 2 N–H and O–H groups in total. The number of esters is 1. The van der Waals surface area contributed by atoms with Gasteiger partial charge in [-0.3, -0.25) is 14.5 Å². The largest absolute Gasteiger partial charge is 0.452 e. The lowest BCUT2D eigenvalue weighted by molar-refractivity contribution is -0.200. The minimum absolute atomic E-state index is 0.300. The van der Waals surface area contributed by atoms with Crippen LogP contribution in [0.15, 0.2) is 0 Å². The molecular weight excluding hydrogens is 312 g/mol. The Hall–Kier alpha value is -1.63. The molecule has 3 amide bonds. The lowest BCUT2D eigenvalue weighted by atomic mass is 9.48. The van der Waals surface area contributed by atoms with Crippen LogP contribution in [0.2, 0.25) is 0 Å². The maximum Gasteiger partial charge on any atom is 0.324 e. The van der Waals surface area contributed by atoms with Crippen LogP contribution in [0.25, 0.3) is 0 Å². The van der Waals surface area contributed by atoms with E-state index in [2.05, 4.69) is 5.32 Å². The minimum Gasteiger partial charge on any atom is -0.452 e. The molecule has 0 aromatic rings. The van der Waals surface area contributed by atoms with Gasteiger partial charge in [0.2, 0.25) is 0 Å². The number of hydrogen-bond acceptors (Lipinski definition) is 5. The molecule has 0 aromatic heterocycles. The fourth-order valence-electron chi connectivity index (χ4n) is 5.69. The van der Waals surface area contributed by atoms with Gasteiger partial charge in [-0.1, -0.05) is 0 Å². The van der Waals surface area contributed by atoms with Crippen LogP contribution in [-0.4, -0.2) is 52.7 Å². The van der Waals surface area contributed by atoms with E-state index in [0.717, 1.165) is 37.0 Å². The van der Waals surface area contributed by atoms with Crippen molar-refractivity contribution in [2.45, 2.75) is 57.2 Å². The van der Waals surface area contributed by atoms with Gasteiger partial charge in [-0.05, 0) is 57.3 Å². The Morgan fingerprint density at radius 1 is 1.29 bits per heavy atom. The van der Waals surface area contributed by atoms with Crippen molar-refractivity contribution in [1.29, 1.82) is 0 Å². The molecule has 0 radical (unpaired) electrons. The van der Waals surface area contributed by atoms with Crippen LogP contribution in [0, 0.1) is 17.3 Å². The number of hydrogen-bond donors (Lipinski definition) is 2. The first-order valence-electron chi connectivity index (χ1n) is 8.83. The maximum absolute atomic E-state index is 12.8. The lowest BCUT2D eigenvalue weighted by Gasteiger charge is -2.58. The van der Waals surface area contributed by atoms with Crippen molar-refractivity contribution in [2.24, 2.45) is 17.3 Å².